The van der Waals surface area contributed by atoms with Crippen LogP contribution in [0.15, 0.2) is 43.0 Å². The van der Waals surface area contributed by atoms with Crippen LogP contribution in [0.3, 0.4) is 0 Å². The average molecular weight is 358 g/mol. The van der Waals surface area contributed by atoms with Crippen molar-refractivity contribution in [2.75, 3.05) is 0 Å². The summed E-state index contributed by atoms with van der Waals surface area (Å²) in [5, 5.41) is 10.8. The molecular weight excluding hydrogens is 347 g/mol. The van der Waals surface area contributed by atoms with E-state index < -0.39 is 16.7 Å². The Morgan fingerprint density at radius 1 is 1.25 bits per heavy atom. The van der Waals surface area contributed by atoms with E-state index in [2.05, 4.69) is 6.58 Å². The van der Waals surface area contributed by atoms with Crippen molar-refractivity contribution in [2.24, 2.45) is 0 Å². The minimum atomic E-state index is -4.51. The van der Waals surface area contributed by atoms with Crippen LogP contribution in [0.2, 0.25) is 5.02 Å². The van der Waals surface area contributed by atoms with E-state index in [1.165, 1.54) is 18.2 Å². The fourth-order valence-electron chi connectivity index (χ4n) is 1.97. The van der Waals surface area contributed by atoms with Crippen LogP contribution >= 0.6 is 11.6 Å². The van der Waals surface area contributed by atoms with E-state index in [0.717, 1.165) is 18.2 Å². The maximum Gasteiger partial charge on any atom is 0.416 e. The summed E-state index contributed by atoms with van der Waals surface area (Å²) in [6.07, 6.45) is -4.51. The zero-order chi connectivity index (χ0) is 18.1. The third kappa shape index (κ3) is 3.86. The van der Waals surface area contributed by atoms with E-state index in [1.807, 2.05) is 0 Å². The van der Waals surface area contributed by atoms with Crippen LogP contribution in [0.25, 0.3) is 5.57 Å². The van der Waals surface area contributed by atoms with Crippen molar-refractivity contribution in [3.63, 3.8) is 0 Å². The molecule has 0 atom stereocenters. The van der Waals surface area contributed by atoms with Gasteiger partial charge in [-0.15, -0.1) is 0 Å². The summed E-state index contributed by atoms with van der Waals surface area (Å²) < 4.78 is 43.3. The summed E-state index contributed by atoms with van der Waals surface area (Å²) in [6.45, 7) is 5.26. The standard InChI is InChI=1S/C16H11ClF3NO3/c1-9(2)12-8-11(4-5-14(12)21(22)23)24-15-6-3-10(7-13(15)17)16(18,19)20/h3-8H,1H2,2H3. The van der Waals surface area contributed by atoms with E-state index in [4.69, 9.17) is 16.3 Å². The molecule has 0 radical (unpaired) electrons. The van der Waals surface area contributed by atoms with Crippen LogP contribution < -0.4 is 4.74 Å². The molecular formula is C16H11ClF3NO3. The van der Waals surface area contributed by atoms with Crippen molar-refractivity contribution in [1.82, 2.24) is 0 Å². The SMILES string of the molecule is C=C(C)c1cc(Oc2ccc(C(F)(F)F)cc2Cl)ccc1[N+](=O)[O-]. The second-order valence-electron chi connectivity index (χ2n) is 4.96. The van der Waals surface area contributed by atoms with Crippen LogP contribution in [0.1, 0.15) is 18.1 Å². The van der Waals surface area contributed by atoms with Gasteiger partial charge in [0.15, 0.2) is 0 Å². The molecule has 0 spiro atoms. The minimum absolute atomic E-state index is 0.00573. The lowest BCUT2D eigenvalue weighted by Crippen LogP contribution is -2.04. The number of rotatable bonds is 4. The van der Waals surface area contributed by atoms with Gasteiger partial charge < -0.3 is 4.74 Å². The first kappa shape index (κ1) is 17.8. The number of hydrogen-bond acceptors (Lipinski definition) is 3. The molecule has 0 heterocycles. The Kier molecular flexibility index (Phi) is 4.84. The van der Waals surface area contributed by atoms with Gasteiger partial charge >= 0.3 is 6.18 Å². The quantitative estimate of drug-likeness (QED) is 0.491. The van der Waals surface area contributed by atoms with Crippen LogP contribution in [0.4, 0.5) is 18.9 Å². The Morgan fingerprint density at radius 2 is 1.92 bits per heavy atom. The smallest absolute Gasteiger partial charge is 0.416 e. The van der Waals surface area contributed by atoms with Gasteiger partial charge in [-0.3, -0.25) is 10.1 Å². The fourth-order valence-corrected chi connectivity index (χ4v) is 2.19. The predicted molar refractivity (Wildman–Crippen MR) is 84.3 cm³/mol. The highest BCUT2D eigenvalue weighted by Crippen LogP contribution is 2.37. The molecule has 24 heavy (non-hydrogen) atoms. The number of ether oxygens (including phenoxy) is 1. The molecule has 0 saturated heterocycles. The molecule has 4 nitrogen and oxygen atoms in total. The van der Waals surface area contributed by atoms with Gasteiger partial charge in [-0.1, -0.05) is 18.2 Å². The van der Waals surface area contributed by atoms with Crippen LogP contribution in [0.5, 0.6) is 11.5 Å². The lowest BCUT2D eigenvalue weighted by atomic mass is 10.1. The molecule has 0 fully saturated rings. The monoisotopic (exact) mass is 357 g/mol. The number of nitro groups is 1. The first-order chi connectivity index (χ1) is 11.1. The molecule has 2 aromatic rings. The molecule has 2 rings (SSSR count). The first-order valence-electron chi connectivity index (χ1n) is 6.58. The van der Waals surface area contributed by atoms with Crippen molar-refractivity contribution < 1.29 is 22.8 Å². The summed E-state index contributed by atoms with van der Waals surface area (Å²) in [4.78, 5) is 10.4. The number of nitrogens with zero attached hydrogens (tertiary/aromatic N) is 1. The molecule has 0 saturated carbocycles. The molecule has 0 bridgehead atoms. The van der Waals surface area contributed by atoms with Crippen LogP contribution in [-0.2, 0) is 6.18 Å². The Hall–Kier alpha value is -2.54. The van der Waals surface area contributed by atoms with E-state index in [-0.39, 0.29) is 27.8 Å². The van der Waals surface area contributed by atoms with Gasteiger partial charge in [-0.05, 0) is 42.8 Å². The number of allylic oxidation sites excluding steroid dienone is 1. The van der Waals surface area contributed by atoms with Crippen molar-refractivity contribution in [1.29, 1.82) is 0 Å². The zero-order valence-electron chi connectivity index (χ0n) is 12.4. The first-order valence-corrected chi connectivity index (χ1v) is 6.96. The van der Waals surface area contributed by atoms with Crippen molar-refractivity contribution in [3.8, 4) is 11.5 Å². The Balaban J connectivity index is 2.37. The Labute approximate surface area is 140 Å². The normalized spacial score (nSPS) is 11.2. The second-order valence-corrected chi connectivity index (χ2v) is 5.37. The van der Waals surface area contributed by atoms with Crippen LogP contribution in [-0.4, -0.2) is 4.92 Å². The fraction of sp³-hybridized carbons (Fsp3) is 0.125. The van der Waals surface area contributed by atoms with Crippen molar-refractivity contribution in [2.45, 2.75) is 13.1 Å². The zero-order valence-corrected chi connectivity index (χ0v) is 13.1. The Bertz CT molecular complexity index is 819. The summed E-state index contributed by atoms with van der Waals surface area (Å²) in [5.41, 5.74) is -0.328. The van der Waals surface area contributed by atoms with E-state index >= 15 is 0 Å². The lowest BCUT2D eigenvalue weighted by Gasteiger charge is -2.12. The number of alkyl halides is 3. The number of hydrogen-bond donors (Lipinski definition) is 0. The highest BCUT2D eigenvalue weighted by molar-refractivity contribution is 6.32. The molecule has 2 aromatic carbocycles. The van der Waals surface area contributed by atoms with Gasteiger partial charge in [-0.2, -0.15) is 13.2 Å². The lowest BCUT2D eigenvalue weighted by molar-refractivity contribution is -0.385. The summed E-state index contributed by atoms with van der Waals surface area (Å²) in [5.74, 6) is 0.200. The molecule has 0 N–H and O–H groups in total. The summed E-state index contributed by atoms with van der Waals surface area (Å²) in [6, 6.07) is 6.63. The largest absolute Gasteiger partial charge is 0.456 e. The molecule has 0 aromatic heterocycles. The molecule has 0 unspecified atom stereocenters. The van der Waals surface area contributed by atoms with E-state index in [1.54, 1.807) is 6.92 Å². The van der Waals surface area contributed by atoms with Gasteiger partial charge in [0.2, 0.25) is 0 Å². The van der Waals surface area contributed by atoms with Gasteiger partial charge in [-0.25, -0.2) is 0 Å². The molecule has 126 valence electrons. The maximum absolute atomic E-state index is 12.6. The van der Waals surface area contributed by atoms with Gasteiger partial charge in [0.05, 0.1) is 21.1 Å². The second kappa shape index (κ2) is 6.52. The number of benzene rings is 2. The third-order valence-corrected chi connectivity index (χ3v) is 3.41. The molecule has 0 amide bonds. The highest BCUT2D eigenvalue weighted by atomic mass is 35.5. The number of halogens is 4. The molecule has 8 heteroatoms. The molecule has 0 aliphatic rings. The van der Waals surface area contributed by atoms with Gasteiger partial charge in [0.25, 0.3) is 5.69 Å². The highest BCUT2D eigenvalue weighted by Gasteiger charge is 2.31. The third-order valence-electron chi connectivity index (χ3n) is 3.11. The van der Waals surface area contributed by atoms with Crippen molar-refractivity contribution in [3.05, 3.63) is 69.2 Å². The van der Waals surface area contributed by atoms with Crippen LogP contribution in [0, 0.1) is 10.1 Å². The van der Waals surface area contributed by atoms with E-state index in [0.29, 0.717) is 5.57 Å². The molecule has 0 aliphatic heterocycles. The van der Waals surface area contributed by atoms with Gasteiger partial charge in [0.1, 0.15) is 11.5 Å². The predicted octanol–water partition coefficient (Wildman–Crippen LogP) is 6.09. The van der Waals surface area contributed by atoms with Gasteiger partial charge in [0, 0.05) is 6.07 Å². The molecule has 0 aliphatic carbocycles. The topological polar surface area (TPSA) is 52.4 Å². The Morgan fingerprint density at radius 3 is 2.42 bits per heavy atom. The number of nitro benzene ring substituents is 1. The average Bonchev–Trinajstić information content (AvgIpc) is 2.47. The van der Waals surface area contributed by atoms with E-state index in [9.17, 15) is 23.3 Å². The summed E-state index contributed by atoms with van der Waals surface area (Å²) >= 11 is 5.82. The maximum atomic E-state index is 12.6. The summed E-state index contributed by atoms with van der Waals surface area (Å²) in [7, 11) is 0. The van der Waals surface area contributed by atoms with Crippen molar-refractivity contribution >= 4 is 22.9 Å². The minimum Gasteiger partial charge on any atom is -0.456 e.